The van der Waals surface area contributed by atoms with Gasteiger partial charge in [0.05, 0.1) is 12.3 Å². The average molecular weight is 280 g/mol. The van der Waals surface area contributed by atoms with E-state index in [9.17, 15) is 13.2 Å². The fraction of sp³-hybridized carbons (Fsp3) is 0.727. The van der Waals surface area contributed by atoms with Crippen LogP contribution in [-0.4, -0.2) is 24.3 Å². The fourth-order valence-electron chi connectivity index (χ4n) is 2.04. The Balaban J connectivity index is 1.90. The van der Waals surface area contributed by atoms with Crippen LogP contribution in [0.3, 0.4) is 0 Å². The molecule has 1 aromatic heterocycles. The molecular weight excluding hydrogens is 265 g/mol. The Hall–Kier alpha value is -0.660. The van der Waals surface area contributed by atoms with Gasteiger partial charge in [0.15, 0.2) is 0 Å². The molecule has 0 saturated heterocycles. The molecule has 0 aromatic carbocycles. The molecule has 1 aromatic rings. The Morgan fingerprint density at radius 2 is 2.17 bits per heavy atom. The van der Waals surface area contributed by atoms with Crippen molar-refractivity contribution in [2.24, 2.45) is 5.73 Å². The monoisotopic (exact) mass is 280 g/mol. The van der Waals surface area contributed by atoms with Crippen LogP contribution in [0.15, 0.2) is 5.38 Å². The summed E-state index contributed by atoms with van der Waals surface area (Å²) in [5, 5.41) is 2.46. The van der Waals surface area contributed by atoms with E-state index in [1.54, 1.807) is 0 Å². The second kappa shape index (κ2) is 5.14. The zero-order chi connectivity index (χ0) is 13.2. The minimum absolute atomic E-state index is 0.0429. The predicted molar refractivity (Wildman–Crippen MR) is 62.4 cm³/mol. The van der Waals surface area contributed by atoms with Gasteiger partial charge in [-0.25, -0.2) is 4.98 Å². The third-order valence-corrected chi connectivity index (χ3v) is 4.11. The van der Waals surface area contributed by atoms with Crippen molar-refractivity contribution < 1.29 is 17.9 Å². The van der Waals surface area contributed by atoms with Crippen molar-refractivity contribution in [1.29, 1.82) is 0 Å². The normalized spacial score (nSPS) is 18.7. The van der Waals surface area contributed by atoms with Crippen LogP contribution in [0, 0.1) is 0 Å². The molecule has 0 atom stereocenters. The first-order valence-electron chi connectivity index (χ1n) is 5.75. The minimum atomic E-state index is -4.29. The van der Waals surface area contributed by atoms with Crippen molar-refractivity contribution in [3.63, 3.8) is 0 Å². The largest absolute Gasteiger partial charge is 0.411 e. The molecule has 0 aliphatic heterocycles. The first kappa shape index (κ1) is 13.8. The number of hydrogen-bond acceptors (Lipinski definition) is 4. The smallest absolute Gasteiger partial charge is 0.365 e. The highest BCUT2D eigenvalue weighted by molar-refractivity contribution is 7.09. The molecule has 1 aliphatic rings. The van der Waals surface area contributed by atoms with Crippen LogP contribution in [0.2, 0.25) is 0 Å². The molecule has 1 heterocycles. The third kappa shape index (κ3) is 3.02. The summed E-state index contributed by atoms with van der Waals surface area (Å²) >= 11 is 1.33. The van der Waals surface area contributed by atoms with Gasteiger partial charge in [0.25, 0.3) is 0 Å². The number of nitrogens with zero attached hydrogens (tertiary/aromatic N) is 1. The maximum atomic E-state index is 11.9. The summed E-state index contributed by atoms with van der Waals surface area (Å²) in [6, 6.07) is 0. The topological polar surface area (TPSA) is 48.1 Å². The summed E-state index contributed by atoms with van der Waals surface area (Å²) in [5.41, 5.74) is 6.62. The van der Waals surface area contributed by atoms with Crippen LogP contribution in [0.1, 0.15) is 30.0 Å². The number of hydrogen-bond donors (Lipinski definition) is 1. The van der Waals surface area contributed by atoms with Crippen molar-refractivity contribution in [3.05, 3.63) is 16.1 Å². The van der Waals surface area contributed by atoms with Crippen LogP contribution in [0.5, 0.6) is 0 Å². The summed E-state index contributed by atoms with van der Waals surface area (Å²) in [6.07, 6.45) is -1.13. The Labute approximate surface area is 107 Å². The van der Waals surface area contributed by atoms with Gasteiger partial charge in [0, 0.05) is 17.3 Å². The van der Waals surface area contributed by atoms with Crippen molar-refractivity contribution in [2.45, 2.75) is 37.5 Å². The van der Waals surface area contributed by atoms with Crippen LogP contribution >= 0.6 is 11.3 Å². The summed E-state index contributed by atoms with van der Waals surface area (Å²) in [6.45, 7) is -0.783. The molecule has 1 saturated carbocycles. The summed E-state index contributed by atoms with van der Waals surface area (Å²) < 4.78 is 40.3. The lowest BCUT2D eigenvalue weighted by Gasteiger charge is -2.39. The van der Waals surface area contributed by atoms with Gasteiger partial charge in [0.2, 0.25) is 0 Å². The van der Waals surface area contributed by atoms with Crippen molar-refractivity contribution in [3.8, 4) is 0 Å². The number of rotatable bonds is 5. The molecule has 1 aliphatic carbocycles. The highest BCUT2D eigenvalue weighted by Gasteiger charge is 2.39. The summed E-state index contributed by atoms with van der Waals surface area (Å²) in [5.74, 6) is 0. The van der Waals surface area contributed by atoms with E-state index in [1.165, 1.54) is 11.3 Å². The lowest BCUT2D eigenvalue weighted by Crippen LogP contribution is -2.41. The number of halogens is 3. The molecule has 2 N–H and O–H groups in total. The summed E-state index contributed by atoms with van der Waals surface area (Å²) in [7, 11) is 0. The van der Waals surface area contributed by atoms with Crippen molar-refractivity contribution >= 4 is 11.3 Å². The van der Waals surface area contributed by atoms with Crippen LogP contribution < -0.4 is 5.73 Å². The Bertz CT molecular complexity index is 396. The molecule has 0 bridgehead atoms. The van der Waals surface area contributed by atoms with E-state index in [-0.39, 0.29) is 12.0 Å². The zero-order valence-electron chi connectivity index (χ0n) is 9.79. The van der Waals surface area contributed by atoms with E-state index in [0.29, 0.717) is 11.6 Å². The Morgan fingerprint density at radius 1 is 1.44 bits per heavy atom. The zero-order valence-corrected chi connectivity index (χ0v) is 10.6. The van der Waals surface area contributed by atoms with E-state index in [4.69, 9.17) is 5.73 Å². The van der Waals surface area contributed by atoms with Gasteiger partial charge in [0.1, 0.15) is 11.6 Å². The molecule has 0 radical (unpaired) electrons. The molecule has 7 heteroatoms. The molecule has 1 fully saturated rings. The molecular formula is C11H15F3N2OS. The number of alkyl halides is 3. The van der Waals surface area contributed by atoms with Crippen molar-refractivity contribution in [2.75, 3.05) is 13.2 Å². The maximum absolute atomic E-state index is 11.9. The maximum Gasteiger partial charge on any atom is 0.411 e. The average Bonchev–Trinajstić information content (AvgIpc) is 2.64. The second-order valence-electron chi connectivity index (χ2n) is 4.57. The molecule has 3 nitrogen and oxygen atoms in total. The van der Waals surface area contributed by atoms with Gasteiger partial charge in [-0.2, -0.15) is 13.2 Å². The number of ether oxygens (including phenoxy) is 1. The van der Waals surface area contributed by atoms with Gasteiger partial charge >= 0.3 is 6.18 Å². The van der Waals surface area contributed by atoms with Crippen molar-refractivity contribution in [1.82, 2.24) is 4.98 Å². The molecule has 0 spiro atoms. The van der Waals surface area contributed by atoms with Gasteiger partial charge in [-0.1, -0.05) is 6.42 Å². The van der Waals surface area contributed by atoms with Crippen LogP contribution in [0.25, 0.3) is 0 Å². The van der Waals surface area contributed by atoms with Gasteiger partial charge in [-0.3, -0.25) is 0 Å². The Morgan fingerprint density at radius 3 is 2.67 bits per heavy atom. The number of thiazole rings is 1. The van der Waals surface area contributed by atoms with Gasteiger partial charge < -0.3 is 10.5 Å². The standard InChI is InChI=1S/C11H15F3N2OS/c12-11(13,14)7-17-4-9-16-8(5-18-9)10(6-15)2-1-3-10/h5H,1-4,6-7,15H2. The molecule has 18 heavy (non-hydrogen) atoms. The van der Waals surface area contributed by atoms with Gasteiger partial charge in [-0.15, -0.1) is 11.3 Å². The second-order valence-corrected chi connectivity index (χ2v) is 5.52. The lowest BCUT2D eigenvalue weighted by molar-refractivity contribution is -0.176. The van der Waals surface area contributed by atoms with E-state index >= 15 is 0 Å². The lowest BCUT2D eigenvalue weighted by atomic mass is 9.67. The van der Waals surface area contributed by atoms with Crippen LogP contribution in [-0.2, 0) is 16.8 Å². The minimum Gasteiger partial charge on any atom is -0.365 e. The molecule has 2 rings (SSSR count). The van der Waals surface area contributed by atoms with E-state index < -0.39 is 12.8 Å². The Kier molecular flexibility index (Phi) is 3.93. The van der Waals surface area contributed by atoms with Crippen LogP contribution in [0.4, 0.5) is 13.2 Å². The molecule has 102 valence electrons. The van der Waals surface area contributed by atoms with E-state index in [0.717, 1.165) is 25.0 Å². The number of aromatic nitrogens is 1. The highest BCUT2D eigenvalue weighted by atomic mass is 32.1. The SMILES string of the molecule is NCC1(c2csc(COCC(F)(F)F)n2)CCC1. The molecule has 0 unspecified atom stereocenters. The predicted octanol–water partition coefficient (Wildman–Crippen LogP) is 2.60. The quantitative estimate of drug-likeness (QED) is 0.902. The first-order chi connectivity index (χ1) is 8.45. The highest BCUT2D eigenvalue weighted by Crippen LogP contribution is 2.42. The van der Waals surface area contributed by atoms with Gasteiger partial charge in [-0.05, 0) is 12.8 Å². The van der Waals surface area contributed by atoms with E-state index in [2.05, 4.69) is 9.72 Å². The first-order valence-corrected chi connectivity index (χ1v) is 6.63. The summed E-state index contributed by atoms with van der Waals surface area (Å²) in [4.78, 5) is 4.34. The molecule has 0 amide bonds. The fourth-order valence-corrected chi connectivity index (χ4v) is 2.90. The number of nitrogens with two attached hydrogens (primary N) is 1. The van der Waals surface area contributed by atoms with E-state index in [1.807, 2.05) is 5.38 Å². The third-order valence-electron chi connectivity index (χ3n) is 3.29.